The summed E-state index contributed by atoms with van der Waals surface area (Å²) in [6.07, 6.45) is 1.96. The smallest absolute Gasteiger partial charge is 0.0313 e. The summed E-state index contributed by atoms with van der Waals surface area (Å²) in [5.41, 5.74) is 13.0. The number of fused-ring (bicyclic) bond motifs is 1. The van der Waals surface area contributed by atoms with Crippen LogP contribution < -0.4 is 16.8 Å². The Kier molecular flexibility index (Phi) is 5.33. The Labute approximate surface area is 115 Å². The quantitative estimate of drug-likeness (QED) is 0.666. The maximum absolute atomic E-state index is 6.31. The van der Waals surface area contributed by atoms with Crippen LogP contribution in [-0.2, 0) is 0 Å². The van der Waals surface area contributed by atoms with Gasteiger partial charge in [-0.1, -0.05) is 42.5 Å². The second kappa shape index (κ2) is 7.24. The van der Waals surface area contributed by atoms with E-state index in [2.05, 4.69) is 47.8 Å². The first-order valence-electron chi connectivity index (χ1n) is 6.97. The van der Waals surface area contributed by atoms with Crippen LogP contribution in [0.15, 0.2) is 42.5 Å². The average Bonchev–Trinajstić information content (AvgIpc) is 2.46. The molecule has 3 heteroatoms. The van der Waals surface area contributed by atoms with Crippen LogP contribution in [0, 0.1) is 0 Å². The number of benzene rings is 2. The molecule has 0 aliphatic rings. The van der Waals surface area contributed by atoms with Crippen molar-refractivity contribution in [3.8, 4) is 0 Å². The Bertz CT molecular complexity index is 505. The van der Waals surface area contributed by atoms with E-state index in [1.54, 1.807) is 0 Å². The number of hydrogen-bond acceptors (Lipinski definition) is 3. The summed E-state index contributed by atoms with van der Waals surface area (Å²) in [6, 6.07) is 14.8. The van der Waals surface area contributed by atoms with Gasteiger partial charge < -0.3 is 16.8 Å². The first kappa shape index (κ1) is 14.0. The van der Waals surface area contributed by atoms with Gasteiger partial charge in [-0.3, -0.25) is 0 Å². The molecule has 1 atom stereocenters. The molecule has 102 valence electrons. The lowest BCUT2D eigenvalue weighted by Crippen LogP contribution is -2.23. The third kappa shape index (κ3) is 3.77. The lowest BCUT2D eigenvalue weighted by molar-refractivity contribution is 0.573. The number of hydrogen-bond donors (Lipinski definition) is 3. The van der Waals surface area contributed by atoms with E-state index in [-0.39, 0.29) is 6.04 Å². The summed E-state index contributed by atoms with van der Waals surface area (Å²) in [4.78, 5) is 0. The largest absolute Gasteiger partial charge is 0.330 e. The lowest BCUT2D eigenvalue weighted by atomic mass is 9.97. The van der Waals surface area contributed by atoms with E-state index in [1.807, 2.05) is 0 Å². The summed E-state index contributed by atoms with van der Waals surface area (Å²) in [5.74, 6) is 0. The van der Waals surface area contributed by atoms with Crippen LogP contribution in [-0.4, -0.2) is 19.6 Å². The normalized spacial score (nSPS) is 12.7. The zero-order chi connectivity index (χ0) is 13.5. The van der Waals surface area contributed by atoms with Crippen LogP contribution in [0.4, 0.5) is 0 Å². The molecule has 19 heavy (non-hydrogen) atoms. The Morgan fingerprint density at radius 2 is 1.79 bits per heavy atom. The van der Waals surface area contributed by atoms with Crippen molar-refractivity contribution in [2.75, 3.05) is 19.6 Å². The molecule has 3 nitrogen and oxygen atoms in total. The van der Waals surface area contributed by atoms with Gasteiger partial charge in [0, 0.05) is 6.04 Å². The predicted octanol–water partition coefficient (Wildman–Crippen LogP) is 2.17. The van der Waals surface area contributed by atoms with E-state index in [1.165, 1.54) is 16.3 Å². The van der Waals surface area contributed by atoms with Crippen molar-refractivity contribution < 1.29 is 0 Å². The molecule has 2 rings (SSSR count). The van der Waals surface area contributed by atoms with Gasteiger partial charge in [0.05, 0.1) is 0 Å². The zero-order valence-corrected chi connectivity index (χ0v) is 11.3. The molecule has 0 aliphatic carbocycles. The maximum Gasteiger partial charge on any atom is 0.0313 e. The van der Waals surface area contributed by atoms with Crippen LogP contribution >= 0.6 is 0 Å². The molecule has 0 saturated heterocycles. The van der Waals surface area contributed by atoms with Crippen molar-refractivity contribution in [3.63, 3.8) is 0 Å². The number of rotatable bonds is 7. The van der Waals surface area contributed by atoms with Crippen LogP contribution in [0.3, 0.4) is 0 Å². The highest BCUT2D eigenvalue weighted by molar-refractivity contribution is 5.86. The van der Waals surface area contributed by atoms with Gasteiger partial charge in [-0.15, -0.1) is 0 Å². The second-order valence-corrected chi connectivity index (χ2v) is 4.86. The molecule has 1 unspecified atom stereocenters. The fourth-order valence-corrected chi connectivity index (χ4v) is 2.34. The molecule has 0 saturated carbocycles. The summed E-state index contributed by atoms with van der Waals surface area (Å²) >= 11 is 0. The molecular weight excluding hydrogens is 234 g/mol. The fourth-order valence-electron chi connectivity index (χ4n) is 2.34. The van der Waals surface area contributed by atoms with Crippen molar-refractivity contribution in [2.45, 2.75) is 18.9 Å². The Hall–Kier alpha value is -1.42. The minimum absolute atomic E-state index is 0.0801. The zero-order valence-electron chi connectivity index (χ0n) is 11.3. The molecule has 0 amide bonds. The van der Waals surface area contributed by atoms with Gasteiger partial charge in [0.15, 0.2) is 0 Å². The summed E-state index contributed by atoms with van der Waals surface area (Å²) in [6.45, 7) is 2.64. The van der Waals surface area contributed by atoms with E-state index < -0.39 is 0 Å². The summed E-state index contributed by atoms with van der Waals surface area (Å²) in [7, 11) is 0. The minimum Gasteiger partial charge on any atom is -0.330 e. The van der Waals surface area contributed by atoms with E-state index in [9.17, 15) is 0 Å². The van der Waals surface area contributed by atoms with Gasteiger partial charge in [0.1, 0.15) is 0 Å². The summed E-state index contributed by atoms with van der Waals surface area (Å²) in [5, 5.41) is 5.89. The van der Waals surface area contributed by atoms with E-state index in [4.69, 9.17) is 11.5 Å². The molecule has 0 aliphatic heterocycles. The van der Waals surface area contributed by atoms with Crippen molar-refractivity contribution in [3.05, 3.63) is 48.0 Å². The molecule has 2 aromatic rings. The molecule has 0 heterocycles. The first-order chi connectivity index (χ1) is 9.33. The lowest BCUT2D eigenvalue weighted by Gasteiger charge is -2.15. The predicted molar refractivity (Wildman–Crippen MR) is 82.0 cm³/mol. The Balaban J connectivity index is 1.99. The summed E-state index contributed by atoms with van der Waals surface area (Å²) < 4.78 is 0. The second-order valence-electron chi connectivity index (χ2n) is 4.86. The highest BCUT2D eigenvalue weighted by atomic mass is 14.9. The van der Waals surface area contributed by atoms with E-state index in [0.717, 1.165) is 32.5 Å². The highest BCUT2D eigenvalue weighted by Gasteiger charge is 2.08. The molecular formula is C16H23N3. The molecule has 0 aromatic heterocycles. The maximum atomic E-state index is 6.31. The van der Waals surface area contributed by atoms with Crippen LogP contribution in [0.25, 0.3) is 10.8 Å². The van der Waals surface area contributed by atoms with Gasteiger partial charge in [-0.05, 0) is 48.8 Å². The Morgan fingerprint density at radius 1 is 1.00 bits per heavy atom. The topological polar surface area (TPSA) is 64.1 Å². The van der Waals surface area contributed by atoms with Gasteiger partial charge in [0.25, 0.3) is 0 Å². The van der Waals surface area contributed by atoms with Crippen LogP contribution in [0.1, 0.15) is 24.4 Å². The molecule has 0 fully saturated rings. The number of nitrogens with two attached hydrogens (primary N) is 2. The van der Waals surface area contributed by atoms with Crippen LogP contribution in [0.2, 0.25) is 0 Å². The third-order valence-electron chi connectivity index (χ3n) is 3.41. The average molecular weight is 257 g/mol. The molecule has 0 bridgehead atoms. The van der Waals surface area contributed by atoms with Crippen molar-refractivity contribution in [2.24, 2.45) is 11.5 Å². The Morgan fingerprint density at radius 3 is 2.63 bits per heavy atom. The SMILES string of the molecule is NCCCNCCC(N)c1cccc2ccccc12. The molecule has 5 N–H and O–H groups in total. The molecule has 0 spiro atoms. The van der Waals surface area contributed by atoms with E-state index in [0.29, 0.717) is 0 Å². The van der Waals surface area contributed by atoms with Gasteiger partial charge in [-0.2, -0.15) is 0 Å². The van der Waals surface area contributed by atoms with Crippen molar-refractivity contribution in [1.29, 1.82) is 0 Å². The van der Waals surface area contributed by atoms with Crippen LogP contribution in [0.5, 0.6) is 0 Å². The van der Waals surface area contributed by atoms with Gasteiger partial charge in [0.2, 0.25) is 0 Å². The fraction of sp³-hybridized carbons (Fsp3) is 0.375. The van der Waals surface area contributed by atoms with Crippen molar-refractivity contribution >= 4 is 10.8 Å². The standard InChI is InChI=1S/C16H23N3/c17-10-4-11-19-12-9-16(18)15-8-3-6-13-5-1-2-7-14(13)15/h1-3,5-8,16,19H,4,9-12,17-18H2. The minimum atomic E-state index is 0.0801. The van der Waals surface area contributed by atoms with Crippen molar-refractivity contribution in [1.82, 2.24) is 5.32 Å². The molecule has 2 aromatic carbocycles. The number of nitrogens with one attached hydrogen (secondary N) is 1. The highest BCUT2D eigenvalue weighted by Crippen LogP contribution is 2.24. The third-order valence-corrected chi connectivity index (χ3v) is 3.41. The molecule has 0 radical (unpaired) electrons. The first-order valence-corrected chi connectivity index (χ1v) is 6.97. The van der Waals surface area contributed by atoms with E-state index >= 15 is 0 Å². The van der Waals surface area contributed by atoms with Gasteiger partial charge in [-0.25, -0.2) is 0 Å². The monoisotopic (exact) mass is 257 g/mol. The van der Waals surface area contributed by atoms with Gasteiger partial charge >= 0.3 is 0 Å².